The highest BCUT2D eigenvalue weighted by molar-refractivity contribution is 7.91. The second-order valence-electron chi connectivity index (χ2n) is 2.57. The Balaban J connectivity index is 2.93. The molecule has 0 atom stereocenters. The van der Waals surface area contributed by atoms with Crippen LogP contribution in [0.3, 0.4) is 0 Å². The molecule has 1 rings (SSSR count). The molecule has 0 aliphatic rings. The van der Waals surface area contributed by atoms with Gasteiger partial charge in [0.05, 0.1) is 0 Å². The van der Waals surface area contributed by atoms with Crippen LogP contribution in [0.15, 0.2) is 34.7 Å². The molecule has 0 saturated carbocycles. The van der Waals surface area contributed by atoms with Gasteiger partial charge in [0.25, 0.3) is 0 Å². The van der Waals surface area contributed by atoms with Crippen molar-refractivity contribution >= 4 is 16.2 Å². The Morgan fingerprint density at radius 2 is 1.67 bits per heavy atom. The highest BCUT2D eigenvalue weighted by atomic mass is 32.2. The fourth-order valence-electron chi connectivity index (χ4n) is 0.729. The van der Waals surface area contributed by atoms with Crippen LogP contribution in [0.2, 0.25) is 0 Å². The zero-order valence-electron chi connectivity index (χ0n) is 7.27. The van der Waals surface area contributed by atoms with Gasteiger partial charge < -0.3 is 0 Å². The fourth-order valence-corrected chi connectivity index (χ4v) is 1.11. The molecule has 0 aliphatic heterocycles. The molecule has 0 radical (unpaired) electrons. The molecule has 0 bridgehead atoms. The van der Waals surface area contributed by atoms with Crippen molar-refractivity contribution in [3.63, 3.8) is 0 Å². The van der Waals surface area contributed by atoms with Crippen molar-refractivity contribution in [3.8, 4) is 0 Å². The lowest BCUT2D eigenvalue weighted by Crippen LogP contribution is -2.20. The summed E-state index contributed by atoms with van der Waals surface area (Å²) < 4.78 is 59.0. The van der Waals surface area contributed by atoms with Crippen LogP contribution in [0, 0.1) is 0 Å². The average molecular weight is 237 g/mol. The first kappa shape index (κ1) is 11.7. The Labute approximate surface area is 84.3 Å². The number of alkyl halides is 3. The van der Waals surface area contributed by atoms with Crippen molar-refractivity contribution in [2.75, 3.05) is 0 Å². The van der Waals surface area contributed by atoms with Gasteiger partial charge in [0.15, 0.2) is 0 Å². The van der Waals surface area contributed by atoms with Crippen molar-refractivity contribution in [1.82, 2.24) is 0 Å². The van der Waals surface area contributed by atoms with Crippen molar-refractivity contribution in [2.24, 2.45) is 4.40 Å². The zero-order valence-corrected chi connectivity index (χ0v) is 8.09. The standard InChI is InChI=1S/C8H6F3NO2S/c9-8(10,11)15(13,14)12-6-7-4-2-1-3-5-7/h1-6H/b12-6+. The summed E-state index contributed by atoms with van der Waals surface area (Å²) in [6.07, 6.45) is 0.656. The number of rotatable bonds is 2. The molecule has 0 aliphatic carbocycles. The lowest BCUT2D eigenvalue weighted by Gasteiger charge is -2.01. The molecule has 0 amide bonds. The summed E-state index contributed by atoms with van der Waals surface area (Å²) in [4.78, 5) is 0. The summed E-state index contributed by atoms with van der Waals surface area (Å²) in [5.41, 5.74) is -5.07. The predicted octanol–water partition coefficient (Wildman–Crippen LogP) is 1.96. The molecular formula is C8H6F3NO2S. The molecular weight excluding hydrogens is 231 g/mol. The summed E-state index contributed by atoms with van der Waals surface area (Å²) in [5.74, 6) is 0. The van der Waals surface area contributed by atoms with Gasteiger partial charge in [-0.2, -0.15) is 26.0 Å². The van der Waals surface area contributed by atoms with Crippen LogP contribution in [-0.2, 0) is 10.0 Å². The van der Waals surface area contributed by atoms with Crippen molar-refractivity contribution in [1.29, 1.82) is 0 Å². The van der Waals surface area contributed by atoms with E-state index in [4.69, 9.17) is 0 Å². The summed E-state index contributed by atoms with van der Waals surface area (Å²) in [6.45, 7) is 0. The Hall–Kier alpha value is -1.37. The Morgan fingerprint density at radius 3 is 2.13 bits per heavy atom. The third-order valence-electron chi connectivity index (χ3n) is 1.43. The lowest BCUT2D eigenvalue weighted by molar-refractivity contribution is -0.0435. The zero-order chi connectivity index (χ0) is 11.5. The van der Waals surface area contributed by atoms with E-state index in [0.717, 1.165) is 0 Å². The quantitative estimate of drug-likeness (QED) is 0.738. The predicted molar refractivity (Wildman–Crippen MR) is 49.0 cm³/mol. The molecule has 1 aromatic rings. The number of halogens is 3. The first-order chi connectivity index (χ1) is 6.83. The van der Waals surface area contributed by atoms with E-state index >= 15 is 0 Å². The summed E-state index contributed by atoms with van der Waals surface area (Å²) in [7, 11) is -5.43. The highest BCUT2D eigenvalue weighted by Gasteiger charge is 2.45. The maximum atomic E-state index is 11.8. The second-order valence-corrected chi connectivity index (χ2v) is 4.19. The monoisotopic (exact) mass is 237 g/mol. The number of benzene rings is 1. The third kappa shape index (κ3) is 3.05. The van der Waals surface area contributed by atoms with E-state index in [1.54, 1.807) is 18.2 Å². The minimum atomic E-state index is -5.43. The van der Waals surface area contributed by atoms with Crippen LogP contribution in [0.4, 0.5) is 13.2 Å². The smallest absolute Gasteiger partial charge is 0.195 e. The largest absolute Gasteiger partial charge is 0.518 e. The first-order valence-electron chi connectivity index (χ1n) is 3.74. The van der Waals surface area contributed by atoms with Crippen LogP contribution in [0.25, 0.3) is 0 Å². The van der Waals surface area contributed by atoms with Gasteiger partial charge in [-0.15, -0.1) is 0 Å². The molecule has 0 N–H and O–H groups in total. The van der Waals surface area contributed by atoms with Gasteiger partial charge in [0.2, 0.25) is 0 Å². The van der Waals surface area contributed by atoms with Crippen molar-refractivity contribution < 1.29 is 21.6 Å². The van der Waals surface area contributed by atoms with Gasteiger partial charge in [0, 0.05) is 6.21 Å². The number of sulfonamides is 1. The van der Waals surface area contributed by atoms with Crippen LogP contribution < -0.4 is 0 Å². The highest BCUT2D eigenvalue weighted by Crippen LogP contribution is 2.24. The maximum absolute atomic E-state index is 11.8. The SMILES string of the molecule is O=S(=O)(/N=C/c1ccccc1)C(F)(F)F. The summed E-state index contributed by atoms with van der Waals surface area (Å²) in [5, 5.41) is 0. The topological polar surface area (TPSA) is 46.5 Å². The fraction of sp³-hybridized carbons (Fsp3) is 0.125. The van der Waals surface area contributed by atoms with Crippen molar-refractivity contribution in [2.45, 2.75) is 5.51 Å². The van der Waals surface area contributed by atoms with E-state index in [9.17, 15) is 21.6 Å². The number of hydrogen-bond acceptors (Lipinski definition) is 2. The van der Waals surface area contributed by atoms with Gasteiger partial charge in [-0.05, 0) is 5.56 Å². The maximum Gasteiger partial charge on any atom is 0.518 e. The summed E-state index contributed by atoms with van der Waals surface area (Å²) in [6, 6.07) is 7.64. The third-order valence-corrected chi connectivity index (χ3v) is 2.40. The molecule has 0 heterocycles. The van der Waals surface area contributed by atoms with Gasteiger partial charge in [-0.1, -0.05) is 30.3 Å². The average Bonchev–Trinajstić information content (AvgIpc) is 2.15. The van der Waals surface area contributed by atoms with Crippen LogP contribution in [-0.4, -0.2) is 20.1 Å². The van der Waals surface area contributed by atoms with Crippen LogP contribution in [0.5, 0.6) is 0 Å². The first-order valence-corrected chi connectivity index (χ1v) is 5.18. The van der Waals surface area contributed by atoms with Gasteiger partial charge in [0.1, 0.15) is 0 Å². The molecule has 7 heteroatoms. The molecule has 15 heavy (non-hydrogen) atoms. The van der Waals surface area contributed by atoms with E-state index in [0.29, 0.717) is 6.21 Å². The molecule has 0 spiro atoms. The lowest BCUT2D eigenvalue weighted by atomic mass is 10.2. The van der Waals surface area contributed by atoms with Gasteiger partial charge in [-0.3, -0.25) is 0 Å². The van der Waals surface area contributed by atoms with E-state index in [2.05, 4.69) is 4.40 Å². The minimum absolute atomic E-state index is 0.283. The Bertz CT molecular complexity index is 451. The molecule has 0 aromatic heterocycles. The van der Waals surface area contributed by atoms with Crippen LogP contribution >= 0.6 is 0 Å². The Kier molecular flexibility index (Phi) is 3.13. The molecule has 0 unspecified atom stereocenters. The second kappa shape index (κ2) is 4.01. The minimum Gasteiger partial charge on any atom is -0.195 e. The molecule has 82 valence electrons. The van der Waals surface area contributed by atoms with E-state index < -0.39 is 15.5 Å². The van der Waals surface area contributed by atoms with Crippen LogP contribution in [0.1, 0.15) is 5.56 Å². The van der Waals surface area contributed by atoms with Gasteiger partial charge >= 0.3 is 15.5 Å². The van der Waals surface area contributed by atoms with E-state index in [1.165, 1.54) is 12.1 Å². The molecule has 1 aromatic carbocycles. The number of nitrogens with zero attached hydrogens (tertiary/aromatic N) is 1. The normalized spacial score (nSPS) is 13.3. The van der Waals surface area contributed by atoms with Gasteiger partial charge in [-0.25, -0.2) is 0 Å². The van der Waals surface area contributed by atoms with E-state index in [-0.39, 0.29) is 5.56 Å². The number of hydrogen-bond donors (Lipinski definition) is 0. The summed E-state index contributed by atoms with van der Waals surface area (Å²) >= 11 is 0. The molecule has 3 nitrogen and oxygen atoms in total. The molecule has 0 fully saturated rings. The molecule has 0 saturated heterocycles. The van der Waals surface area contributed by atoms with E-state index in [1.807, 2.05) is 0 Å². The Morgan fingerprint density at radius 1 is 1.13 bits per heavy atom. The van der Waals surface area contributed by atoms with Crippen molar-refractivity contribution in [3.05, 3.63) is 35.9 Å².